The first kappa shape index (κ1) is 10.6. The van der Waals surface area contributed by atoms with E-state index in [1.54, 1.807) is 0 Å². The van der Waals surface area contributed by atoms with E-state index >= 15 is 0 Å². The molecule has 0 aliphatic heterocycles. The smallest absolute Gasteiger partial charge is 0.163 e. The summed E-state index contributed by atoms with van der Waals surface area (Å²) in [5.41, 5.74) is 6.62. The largest absolute Gasteiger partial charge is 0.383 e. The molecule has 2 N–H and O–H groups in total. The molecule has 0 aliphatic carbocycles. The van der Waals surface area contributed by atoms with E-state index in [4.69, 9.17) is 17.3 Å². The van der Waals surface area contributed by atoms with Crippen LogP contribution in [0.15, 0.2) is 30.3 Å². The second-order valence-electron chi connectivity index (χ2n) is 2.90. The highest BCUT2D eigenvalue weighted by atomic mass is 127. The molecule has 0 saturated heterocycles. The van der Waals surface area contributed by atoms with Crippen LogP contribution in [0.3, 0.4) is 0 Å². The van der Waals surface area contributed by atoms with Crippen molar-refractivity contribution in [1.82, 2.24) is 9.97 Å². The number of nitrogen functional groups attached to an aromatic ring is 1. The first-order valence-electron chi connectivity index (χ1n) is 4.22. The fourth-order valence-corrected chi connectivity index (χ4v) is 1.57. The minimum Gasteiger partial charge on any atom is -0.383 e. The lowest BCUT2D eigenvalue weighted by Crippen LogP contribution is -1.99. The minimum absolute atomic E-state index is 0.391. The topological polar surface area (TPSA) is 51.8 Å². The maximum atomic E-state index is 5.93. The first-order chi connectivity index (χ1) is 7.18. The highest BCUT2D eigenvalue weighted by Gasteiger charge is 2.08. The van der Waals surface area contributed by atoms with Gasteiger partial charge in [0.1, 0.15) is 11.0 Å². The summed E-state index contributed by atoms with van der Waals surface area (Å²) in [6, 6.07) is 9.60. The predicted octanol–water partition coefficient (Wildman–Crippen LogP) is 2.98. The van der Waals surface area contributed by atoms with Crippen molar-refractivity contribution in [1.29, 1.82) is 0 Å². The van der Waals surface area contributed by atoms with Crippen molar-refractivity contribution in [2.75, 3.05) is 5.73 Å². The average molecular weight is 332 g/mol. The number of anilines is 1. The molecule has 0 unspecified atom stereocenters. The average Bonchev–Trinajstić information content (AvgIpc) is 2.26. The molecule has 0 saturated carbocycles. The molecule has 0 amide bonds. The summed E-state index contributed by atoms with van der Waals surface area (Å²) in [5.74, 6) is 0.966. The predicted molar refractivity (Wildman–Crippen MR) is 69.6 cm³/mol. The van der Waals surface area contributed by atoms with Gasteiger partial charge in [-0.2, -0.15) is 0 Å². The van der Waals surface area contributed by atoms with Crippen LogP contribution in [0.2, 0.25) is 5.15 Å². The zero-order chi connectivity index (χ0) is 10.8. The summed E-state index contributed by atoms with van der Waals surface area (Å²) < 4.78 is 0.689. The first-order valence-corrected chi connectivity index (χ1v) is 5.68. The number of benzene rings is 1. The van der Waals surface area contributed by atoms with Gasteiger partial charge in [0.05, 0.1) is 3.57 Å². The molecular formula is C10H7ClIN3. The van der Waals surface area contributed by atoms with E-state index in [-0.39, 0.29) is 0 Å². The van der Waals surface area contributed by atoms with Crippen LogP contribution in [0.25, 0.3) is 11.4 Å². The lowest BCUT2D eigenvalue weighted by Gasteiger charge is -2.04. The Morgan fingerprint density at radius 1 is 1.13 bits per heavy atom. The van der Waals surface area contributed by atoms with Crippen molar-refractivity contribution >= 4 is 40.0 Å². The zero-order valence-corrected chi connectivity index (χ0v) is 10.5. The Morgan fingerprint density at radius 2 is 1.80 bits per heavy atom. The van der Waals surface area contributed by atoms with E-state index in [1.807, 2.05) is 52.9 Å². The van der Waals surface area contributed by atoms with E-state index in [0.29, 0.717) is 20.4 Å². The maximum Gasteiger partial charge on any atom is 0.163 e. The summed E-state index contributed by atoms with van der Waals surface area (Å²) in [6.45, 7) is 0. The fourth-order valence-electron chi connectivity index (χ4n) is 1.15. The van der Waals surface area contributed by atoms with Gasteiger partial charge in [-0.05, 0) is 22.6 Å². The lowest BCUT2D eigenvalue weighted by atomic mass is 10.2. The Hall–Kier alpha value is -0.880. The van der Waals surface area contributed by atoms with Crippen LogP contribution in [0.5, 0.6) is 0 Å². The molecule has 2 aromatic rings. The van der Waals surface area contributed by atoms with Gasteiger partial charge in [0, 0.05) is 5.56 Å². The molecular weight excluding hydrogens is 324 g/mol. The number of nitrogens with zero attached hydrogens (tertiary/aromatic N) is 2. The van der Waals surface area contributed by atoms with E-state index in [0.717, 1.165) is 5.56 Å². The standard InChI is InChI=1S/C10H7ClIN3/c11-8-7(12)9(13)15-10(14-8)6-4-2-1-3-5-6/h1-5H,(H2,13,14,15). The van der Waals surface area contributed by atoms with Crippen molar-refractivity contribution in [2.24, 2.45) is 0 Å². The number of hydrogen-bond acceptors (Lipinski definition) is 3. The zero-order valence-electron chi connectivity index (χ0n) is 7.61. The minimum atomic E-state index is 0.391. The monoisotopic (exact) mass is 331 g/mol. The normalized spacial score (nSPS) is 10.3. The molecule has 76 valence electrons. The van der Waals surface area contributed by atoms with Crippen LogP contribution < -0.4 is 5.73 Å². The third-order valence-electron chi connectivity index (χ3n) is 1.87. The summed E-state index contributed by atoms with van der Waals surface area (Å²) in [6.07, 6.45) is 0. The van der Waals surface area contributed by atoms with Crippen LogP contribution in [0.1, 0.15) is 0 Å². The molecule has 3 nitrogen and oxygen atoms in total. The van der Waals surface area contributed by atoms with Gasteiger partial charge in [0.2, 0.25) is 0 Å². The number of nitrogens with two attached hydrogens (primary N) is 1. The molecule has 0 fully saturated rings. The van der Waals surface area contributed by atoms with Crippen molar-refractivity contribution in [2.45, 2.75) is 0 Å². The van der Waals surface area contributed by atoms with Crippen LogP contribution in [-0.2, 0) is 0 Å². The number of hydrogen-bond donors (Lipinski definition) is 1. The maximum absolute atomic E-state index is 5.93. The van der Waals surface area contributed by atoms with Crippen LogP contribution in [-0.4, -0.2) is 9.97 Å². The van der Waals surface area contributed by atoms with Crippen molar-refractivity contribution in [3.05, 3.63) is 39.1 Å². The summed E-state index contributed by atoms with van der Waals surface area (Å²) >= 11 is 7.95. The van der Waals surface area contributed by atoms with Crippen molar-refractivity contribution in [3.8, 4) is 11.4 Å². The fraction of sp³-hybridized carbons (Fsp3) is 0. The van der Waals surface area contributed by atoms with Gasteiger partial charge < -0.3 is 5.73 Å². The molecule has 1 aromatic carbocycles. The molecule has 5 heteroatoms. The summed E-state index contributed by atoms with van der Waals surface area (Å²) in [4.78, 5) is 8.35. The van der Waals surface area contributed by atoms with Crippen LogP contribution >= 0.6 is 34.2 Å². The molecule has 1 aromatic heterocycles. The Morgan fingerprint density at radius 3 is 2.40 bits per heavy atom. The van der Waals surface area contributed by atoms with Crippen LogP contribution in [0, 0.1) is 3.57 Å². The molecule has 0 radical (unpaired) electrons. The number of halogens is 2. The van der Waals surface area contributed by atoms with Gasteiger partial charge in [-0.15, -0.1) is 0 Å². The van der Waals surface area contributed by atoms with Gasteiger partial charge >= 0.3 is 0 Å². The van der Waals surface area contributed by atoms with Gasteiger partial charge in [0.15, 0.2) is 5.82 Å². The SMILES string of the molecule is Nc1nc(-c2ccccc2)nc(Cl)c1I. The molecule has 2 rings (SSSR count). The Balaban J connectivity index is 2.56. The van der Waals surface area contributed by atoms with Crippen LogP contribution in [0.4, 0.5) is 5.82 Å². The third-order valence-corrected chi connectivity index (χ3v) is 3.52. The molecule has 0 aliphatic rings. The molecule has 15 heavy (non-hydrogen) atoms. The second kappa shape index (κ2) is 4.32. The van der Waals surface area contributed by atoms with Gasteiger partial charge in [-0.25, -0.2) is 9.97 Å². The highest BCUT2D eigenvalue weighted by molar-refractivity contribution is 14.1. The van der Waals surface area contributed by atoms with Gasteiger partial charge in [0.25, 0.3) is 0 Å². The molecule has 0 spiro atoms. The second-order valence-corrected chi connectivity index (χ2v) is 4.34. The van der Waals surface area contributed by atoms with Crippen molar-refractivity contribution < 1.29 is 0 Å². The highest BCUT2D eigenvalue weighted by Crippen LogP contribution is 2.24. The van der Waals surface area contributed by atoms with Crippen molar-refractivity contribution in [3.63, 3.8) is 0 Å². The van der Waals surface area contributed by atoms with E-state index < -0.39 is 0 Å². The van der Waals surface area contributed by atoms with Gasteiger partial charge in [-0.3, -0.25) is 0 Å². The lowest BCUT2D eigenvalue weighted by molar-refractivity contribution is 1.17. The quantitative estimate of drug-likeness (QED) is 0.645. The van der Waals surface area contributed by atoms with E-state index in [9.17, 15) is 0 Å². The Labute approximate surface area is 106 Å². The Kier molecular flexibility index (Phi) is 3.06. The molecule has 1 heterocycles. The summed E-state index contributed by atoms with van der Waals surface area (Å²) in [5, 5.41) is 0.391. The van der Waals surface area contributed by atoms with E-state index in [2.05, 4.69) is 9.97 Å². The van der Waals surface area contributed by atoms with Gasteiger partial charge in [-0.1, -0.05) is 41.9 Å². The Bertz CT molecular complexity index is 464. The molecule has 0 bridgehead atoms. The third kappa shape index (κ3) is 2.21. The number of rotatable bonds is 1. The summed E-state index contributed by atoms with van der Waals surface area (Å²) in [7, 11) is 0. The van der Waals surface area contributed by atoms with E-state index in [1.165, 1.54) is 0 Å². The number of aromatic nitrogens is 2. The molecule has 0 atom stereocenters.